The van der Waals surface area contributed by atoms with Gasteiger partial charge >= 0.3 is 0 Å². The number of nitrogens with two attached hydrogens (primary N) is 1. The quantitative estimate of drug-likeness (QED) is 0.827. The minimum Gasteiger partial charge on any atom is -0.371 e. The van der Waals surface area contributed by atoms with Gasteiger partial charge in [0.05, 0.1) is 17.6 Å². The second-order valence-electron chi connectivity index (χ2n) is 4.45. The Hall–Kier alpha value is -2.02. The number of carbonyl (C=O) groups is 1. The van der Waals surface area contributed by atoms with Gasteiger partial charge in [0.1, 0.15) is 0 Å². The molecule has 0 aromatic heterocycles. The van der Waals surface area contributed by atoms with Crippen LogP contribution >= 0.6 is 0 Å². The average molecular weight is 229 g/mol. The molecule has 1 aromatic carbocycles. The van der Waals surface area contributed by atoms with Crippen molar-refractivity contribution < 1.29 is 4.79 Å². The SMILES string of the molecule is Cc1cc(N2CCC(C(N)=O)C2)ccc1C#N. The maximum absolute atomic E-state index is 11.1. The van der Waals surface area contributed by atoms with Gasteiger partial charge in [-0.2, -0.15) is 5.26 Å². The number of aryl methyl sites for hydroxylation is 1. The molecular formula is C13H15N3O. The zero-order chi connectivity index (χ0) is 12.4. The van der Waals surface area contributed by atoms with Crippen LogP contribution in [0.25, 0.3) is 0 Å². The molecule has 1 aliphatic rings. The number of primary amides is 1. The molecule has 1 aromatic rings. The largest absolute Gasteiger partial charge is 0.371 e. The van der Waals surface area contributed by atoms with Crippen molar-refractivity contribution in [3.8, 4) is 6.07 Å². The Balaban J connectivity index is 2.17. The van der Waals surface area contributed by atoms with Crippen molar-refractivity contribution in [2.45, 2.75) is 13.3 Å². The van der Waals surface area contributed by atoms with Crippen molar-refractivity contribution in [2.24, 2.45) is 11.7 Å². The standard InChI is InChI=1S/C13H15N3O/c1-9-6-12(3-2-10(9)7-14)16-5-4-11(8-16)13(15)17/h2-3,6,11H,4-5,8H2,1H3,(H2,15,17). The normalized spacial score (nSPS) is 19.1. The van der Waals surface area contributed by atoms with Gasteiger partial charge in [-0.25, -0.2) is 0 Å². The number of carbonyl (C=O) groups excluding carboxylic acids is 1. The average Bonchev–Trinajstić information content (AvgIpc) is 2.78. The Morgan fingerprint density at radius 1 is 1.59 bits per heavy atom. The predicted octanol–water partition coefficient (Wildman–Crippen LogP) is 1.18. The van der Waals surface area contributed by atoms with Crippen LogP contribution in [-0.2, 0) is 4.79 Å². The summed E-state index contributed by atoms with van der Waals surface area (Å²) < 4.78 is 0. The van der Waals surface area contributed by atoms with Gasteiger partial charge in [0.25, 0.3) is 0 Å². The summed E-state index contributed by atoms with van der Waals surface area (Å²) >= 11 is 0. The van der Waals surface area contributed by atoms with Crippen molar-refractivity contribution in [1.82, 2.24) is 0 Å². The minimum atomic E-state index is -0.224. The molecule has 2 rings (SSSR count). The highest BCUT2D eigenvalue weighted by Crippen LogP contribution is 2.25. The second kappa shape index (κ2) is 4.46. The molecule has 1 heterocycles. The van der Waals surface area contributed by atoms with E-state index in [-0.39, 0.29) is 11.8 Å². The molecule has 1 aliphatic heterocycles. The fourth-order valence-corrected chi connectivity index (χ4v) is 2.20. The van der Waals surface area contributed by atoms with Crippen LogP contribution in [0.2, 0.25) is 0 Å². The number of benzene rings is 1. The Morgan fingerprint density at radius 2 is 2.35 bits per heavy atom. The van der Waals surface area contributed by atoms with E-state index >= 15 is 0 Å². The molecule has 0 bridgehead atoms. The molecule has 1 amide bonds. The van der Waals surface area contributed by atoms with Gasteiger partial charge in [-0.05, 0) is 37.1 Å². The van der Waals surface area contributed by atoms with Gasteiger partial charge in [-0.3, -0.25) is 4.79 Å². The van der Waals surface area contributed by atoms with Gasteiger partial charge in [-0.15, -0.1) is 0 Å². The van der Waals surface area contributed by atoms with Crippen LogP contribution in [-0.4, -0.2) is 19.0 Å². The highest BCUT2D eigenvalue weighted by molar-refractivity contribution is 5.78. The van der Waals surface area contributed by atoms with Gasteiger partial charge in [0.15, 0.2) is 0 Å². The van der Waals surface area contributed by atoms with Gasteiger partial charge in [0.2, 0.25) is 5.91 Å². The van der Waals surface area contributed by atoms with Gasteiger partial charge in [0, 0.05) is 18.8 Å². The highest BCUT2D eigenvalue weighted by Gasteiger charge is 2.26. The lowest BCUT2D eigenvalue weighted by Gasteiger charge is -2.18. The molecule has 88 valence electrons. The molecule has 0 saturated carbocycles. The molecule has 4 nitrogen and oxygen atoms in total. The summed E-state index contributed by atoms with van der Waals surface area (Å²) in [6.45, 7) is 3.45. The Labute approximate surface area is 101 Å². The number of nitriles is 1. The first kappa shape index (κ1) is 11.5. The third-order valence-corrected chi connectivity index (χ3v) is 3.29. The number of nitrogens with zero attached hydrogens (tertiary/aromatic N) is 2. The fraction of sp³-hybridized carbons (Fsp3) is 0.385. The smallest absolute Gasteiger partial charge is 0.222 e. The topological polar surface area (TPSA) is 70.1 Å². The maximum Gasteiger partial charge on any atom is 0.222 e. The first-order valence-electron chi connectivity index (χ1n) is 5.67. The monoisotopic (exact) mass is 229 g/mol. The Bertz CT molecular complexity index is 490. The second-order valence-corrected chi connectivity index (χ2v) is 4.45. The lowest BCUT2D eigenvalue weighted by atomic mass is 10.1. The van der Waals surface area contributed by atoms with E-state index < -0.39 is 0 Å². The molecule has 4 heteroatoms. The van der Waals surface area contributed by atoms with E-state index in [2.05, 4.69) is 11.0 Å². The number of rotatable bonds is 2. The first-order valence-corrected chi connectivity index (χ1v) is 5.67. The number of anilines is 1. The molecule has 1 unspecified atom stereocenters. The molecule has 1 saturated heterocycles. The summed E-state index contributed by atoms with van der Waals surface area (Å²) in [5, 5.41) is 8.86. The van der Waals surface area contributed by atoms with E-state index in [1.165, 1.54) is 0 Å². The van der Waals surface area contributed by atoms with Crippen molar-refractivity contribution in [1.29, 1.82) is 5.26 Å². The van der Waals surface area contributed by atoms with Crippen LogP contribution in [0.1, 0.15) is 17.5 Å². The molecule has 0 radical (unpaired) electrons. The zero-order valence-corrected chi connectivity index (χ0v) is 9.81. The lowest BCUT2D eigenvalue weighted by molar-refractivity contribution is -0.121. The Kier molecular flexibility index (Phi) is 3.01. The van der Waals surface area contributed by atoms with Crippen LogP contribution in [0.15, 0.2) is 18.2 Å². The van der Waals surface area contributed by atoms with Gasteiger partial charge in [-0.1, -0.05) is 0 Å². The summed E-state index contributed by atoms with van der Waals surface area (Å²) in [5.74, 6) is -0.274. The summed E-state index contributed by atoms with van der Waals surface area (Å²) in [5.41, 5.74) is 8.02. The zero-order valence-electron chi connectivity index (χ0n) is 9.81. The minimum absolute atomic E-state index is 0.0500. The number of amides is 1. The van der Waals surface area contributed by atoms with Crippen LogP contribution in [0.4, 0.5) is 5.69 Å². The van der Waals surface area contributed by atoms with E-state index in [0.29, 0.717) is 12.1 Å². The number of hydrogen-bond acceptors (Lipinski definition) is 3. The molecule has 17 heavy (non-hydrogen) atoms. The molecule has 1 fully saturated rings. The van der Waals surface area contributed by atoms with Crippen molar-refractivity contribution in [2.75, 3.05) is 18.0 Å². The van der Waals surface area contributed by atoms with E-state index in [9.17, 15) is 4.79 Å². The fourth-order valence-electron chi connectivity index (χ4n) is 2.20. The lowest BCUT2D eigenvalue weighted by Crippen LogP contribution is -2.27. The summed E-state index contributed by atoms with van der Waals surface area (Å²) in [6.07, 6.45) is 0.814. The summed E-state index contributed by atoms with van der Waals surface area (Å²) in [4.78, 5) is 13.2. The van der Waals surface area contributed by atoms with Crippen LogP contribution in [0.3, 0.4) is 0 Å². The van der Waals surface area contributed by atoms with Crippen LogP contribution in [0.5, 0.6) is 0 Å². The molecular weight excluding hydrogens is 214 g/mol. The van der Waals surface area contributed by atoms with E-state index in [0.717, 1.165) is 24.2 Å². The molecule has 0 aliphatic carbocycles. The summed E-state index contributed by atoms with van der Waals surface area (Å²) in [7, 11) is 0. The van der Waals surface area contributed by atoms with Crippen molar-refractivity contribution in [3.63, 3.8) is 0 Å². The Morgan fingerprint density at radius 3 is 2.88 bits per heavy atom. The third-order valence-electron chi connectivity index (χ3n) is 3.29. The third kappa shape index (κ3) is 2.23. The molecule has 2 N–H and O–H groups in total. The van der Waals surface area contributed by atoms with Crippen molar-refractivity contribution >= 4 is 11.6 Å². The molecule has 0 spiro atoms. The van der Waals surface area contributed by atoms with Crippen LogP contribution < -0.4 is 10.6 Å². The maximum atomic E-state index is 11.1. The van der Waals surface area contributed by atoms with Crippen LogP contribution in [0, 0.1) is 24.2 Å². The molecule has 1 atom stereocenters. The predicted molar refractivity (Wildman–Crippen MR) is 65.4 cm³/mol. The first-order chi connectivity index (χ1) is 8.11. The highest BCUT2D eigenvalue weighted by atomic mass is 16.1. The van der Waals surface area contributed by atoms with Crippen molar-refractivity contribution in [3.05, 3.63) is 29.3 Å². The van der Waals surface area contributed by atoms with E-state index in [1.807, 2.05) is 25.1 Å². The van der Waals surface area contributed by atoms with Gasteiger partial charge < -0.3 is 10.6 Å². The summed E-state index contributed by atoms with van der Waals surface area (Å²) in [6, 6.07) is 7.88. The van der Waals surface area contributed by atoms with E-state index in [4.69, 9.17) is 11.0 Å². The van der Waals surface area contributed by atoms with E-state index in [1.54, 1.807) is 0 Å². The number of hydrogen-bond donors (Lipinski definition) is 1.